The lowest BCUT2D eigenvalue weighted by molar-refractivity contribution is 0.0926. The zero-order chi connectivity index (χ0) is 31.8. The Morgan fingerprint density at radius 3 is 1.64 bits per heavy atom. The summed E-state index contributed by atoms with van der Waals surface area (Å²) >= 11 is 0. The van der Waals surface area contributed by atoms with Crippen LogP contribution in [-0.4, -0.2) is 20.9 Å². The van der Waals surface area contributed by atoms with Gasteiger partial charge in [-0.1, -0.05) is 48.5 Å². The number of nitriles is 2. The first-order valence-corrected chi connectivity index (χ1v) is 15.1. The first-order chi connectivity index (χ1) is 23.1. The maximum Gasteiger partial charge on any atom is 0.266 e. The minimum absolute atomic E-state index is 0.360. The molecule has 7 heteroatoms. The molecular formula is C40H21N5O2. The van der Waals surface area contributed by atoms with E-state index in [-0.39, 0.29) is 0 Å². The SMILES string of the molecule is N#Cc1ccc(-n2c3ccccc3c3cc4c5ccccc5n(-c5cc(N6C(=O)c7ccccc7C6=O)ccc5C#N)c4cc32)cc1. The molecule has 0 radical (unpaired) electrons. The van der Waals surface area contributed by atoms with Crippen LogP contribution in [0.3, 0.4) is 0 Å². The Hall–Kier alpha value is -6.96. The quantitative estimate of drug-likeness (QED) is 0.189. The molecule has 0 spiro atoms. The number of imide groups is 1. The number of hydrogen-bond donors (Lipinski definition) is 0. The van der Waals surface area contributed by atoms with Gasteiger partial charge in [0, 0.05) is 27.2 Å². The molecule has 2 aromatic heterocycles. The molecule has 0 N–H and O–H groups in total. The summed E-state index contributed by atoms with van der Waals surface area (Å²) < 4.78 is 4.23. The highest BCUT2D eigenvalue weighted by Gasteiger charge is 2.36. The standard InChI is InChI=1S/C40H21N5O2/c41-22-24-13-16-26(17-14-24)43-34-11-5-3-7-28(34)32-20-33-29-8-4-6-12-35(29)45(38(33)21-37(32)43)36-19-27(18-15-25(36)23-42)44-39(46)30-9-1-2-10-31(30)40(44)47/h1-21H. The molecule has 47 heavy (non-hydrogen) atoms. The molecule has 1 aliphatic rings. The van der Waals surface area contributed by atoms with E-state index in [4.69, 9.17) is 0 Å². The Bertz CT molecular complexity index is 2720. The van der Waals surface area contributed by atoms with Crippen LogP contribution < -0.4 is 4.90 Å². The molecule has 0 saturated carbocycles. The summed E-state index contributed by atoms with van der Waals surface area (Å²) in [5, 5.41) is 23.9. The van der Waals surface area contributed by atoms with E-state index in [1.165, 1.54) is 4.90 Å². The Balaban J connectivity index is 1.35. The van der Waals surface area contributed by atoms with E-state index in [0.717, 1.165) is 49.3 Å². The van der Waals surface area contributed by atoms with E-state index >= 15 is 0 Å². The number of aromatic nitrogens is 2. The van der Waals surface area contributed by atoms with Gasteiger partial charge in [-0.3, -0.25) is 9.59 Å². The van der Waals surface area contributed by atoms with Crippen molar-refractivity contribution in [1.82, 2.24) is 9.13 Å². The third-order valence-corrected chi connectivity index (χ3v) is 9.12. The van der Waals surface area contributed by atoms with Gasteiger partial charge in [0.25, 0.3) is 11.8 Å². The highest BCUT2D eigenvalue weighted by atomic mass is 16.2. The molecule has 1 aliphatic heterocycles. The van der Waals surface area contributed by atoms with Gasteiger partial charge in [-0.25, -0.2) is 4.90 Å². The summed E-state index contributed by atoms with van der Waals surface area (Å²) in [5.74, 6) is -0.783. The van der Waals surface area contributed by atoms with Crippen molar-refractivity contribution in [3.8, 4) is 23.5 Å². The van der Waals surface area contributed by atoms with Crippen LogP contribution in [-0.2, 0) is 0 Å². The van der Waals surface area contributed by atoms with Gasteiger partial charge in [-0.05, 0) is 78.9 Å². The fraction of sp³-hybridized carbons (Fsp3) is 0. The van der Waals surface area contributed by atoms with Crippen molar-refractivity contribution in [3.05, 3.63) is 150 Å². The van der Waals surface area contributed by atoms with Crippen LogP contribution in [0.15, 0.2) is 127 Å². The summed E-state index contributed by atoms with van der Waals surface area (Å²) in [7, 11) is 0. The maximum atomic E-state index is 13.4. The van der Waals surface area contributed by atoms with Gasteiger partial charge < -0.3 is 9.13 Å². The Morgan fingerprint density at radius 2 is 1.02 bits per heavy atom. The van der Waals surface area contributed by atoms with Crippen LogP contribution >= 0.6 is 0 Å². The zero-order valence-electron chi connectivity index (χ0n) is 24.7. The predicted octanol–water partition coefficient (Wildman–Crippen LogP) is 8.42. The third kappa shape index (κ3) is 3.66. The predicted molar refractivity (Wildman–Crippen MR) is 182 cm³/mol. The second-order valence-electron chi connectivity index (χ2n) is 11.6. The van der Waals surface area contributed by atoms with Crippen LogP contribution in [0.1, 0.15) is 31.8 Å². The molecule has 7 nitrogen and oxygen atoms in total. The second kappa shape index (κ2) is 9.77. The number of rotatable bonds is 3. The fourth-order valence-corrected chi connectivity index (χ4v) is 7.02. The number of carbonyl (C=O) groups is 2. The van der Waals surface area contributed by atoms with E-state index in [2.05, 4.69) is 47.0 Å². The molecule has 8 aromatic rings. The number of para-hydroxylation sites is 2. The van der Waals surface area contributed by atoms with Crippen molar-refractivity contribution in [2.24, 2.45) is 0 Å². The van der Waals surface area contributed by atoms with Crippen molar-refractivity contribution in [1.29, 1.82) is 10.5 Å². The largest absolute Gasteiger partial charge is 0.309 e. The Kier molecular flexibility index (Phi) is 5.50. The van der Waals surface area contributed by atoms with Crippen molar-refractivity contribution >= 4 is 61.1 Å². The van der Waals surface area contributed by atoms with Gasteiger partial charge in [0.05, 0.1) is 61.8 Å². The van der Waals surface area contributed by atoms with Crippen LogP contribution in [0.4, 0.5) is 5.69 Å². The van der Waals surface area contributed by atoms with Gasteiger partial charge in [0.15, 0.2) is 0 Å². The Labute approximate surface area is 267 Å². The average Bonchev–Trinajstić information content (AvgIpc) is 3.71. The number of benzene rings is 6. The number of fused-ring (bicyclic) bond motifs is 7. The molecule has 9 rings (SSSR count). The van der Waals surface area contributed by atoms with Crippen molar-refractivity contribution in [3.63, 3.8) is 0 Å². The molecule has 0 saturated heterocycles. The van der Waals surface area contributed by atoms with E-state index in [1.54, 1.807) is 42.5 Å². The summed E-state index contributed by atoms with van der Waals surface area (Å²) in [6.07, 6.45) is 0. The smallest absolute Gasteiger partial charge is 0.266 e. The summed E-state index contributed by atoms with van der Waals surface area (Å²) in [6.45, 7) is 0. The molecule has 6 aromatic carbocycles. The van der Waals surface area contributed by atoms with Gasteiger partial charge in [-0.2, -0.15) is 10.5 Å². The molecule has 0 aliphatic carbocycles. The molecule has 0 bridgehead atoms. The molecule has 0 atom stereocenters. The lowest BCUT2D eigenvalue weighted by Crippen LogP contribution is -2.29. The topological polar surface area (TPSA) is 94.8 Å². The van der Waals surface area contributed by atoms with Crippen LogP contribution in [0, 0.1) is 22.7 Å². The number of anilines is 1. The molecule has 218 valence electrons. The lowest BCUT2D eigenvalue weighted by Gasteiger charge is -2.17. The average molecular weight is 604 g/mol. The molecular weight excluding hydrogens is 582 g/mol. The van der Waals surface area contributed by atoms with Crippen LogP contribution in [0.5, 0.6) is 0 Å². The number of hydrogen-bond acceptors (Lipinski definition) is 4. The van der Waals surface area contributed by atoms with Gasteiger partial charge in [0.1, 0.15) is 6.07 Å². The van der Waals surface area contributed by atoms with Crippen molar-refractivity contribution in [2.45, 2.75) is 0 Å². The summed E-state index contributed by atoms with van der Waals surface area (Å²) in [4.78, 5) is 28.1. The zero-order valence-corrected chi connectivity index (χ0v) is 24.7. The molecule has 2 amide bonds. The normalized spacial score (nSPS) is 12.7. The highest BCUT2D eigenvalue weighted by Crippen LogP contribution is 2.41. The molecule has 3 heterocycles. The van der Waals surface area contributed by atoms with Gasteiger partial charge >= 0.3 is 0 Å². The Morgan fingerprint density at radius 1 is 0.468 bits per heavy atom. The number of carbonyl (C=O) groups excluding carboxylic acids is 2. The minimum Gasteiger partial charge on any atom is -0.309 e. The molecule has 0 fully saturated rings. The first kappa shape index (κ1) is 26.4. The molecule has 0 unspecified atom stereocenters. The summed E-state index contributed by atoms with van der Waals surface area (Å²) in [5.41, 5.74) is 7.33. The van der Waals surface area contributed by atoms with Crippen molar-refractivity contribution in [2.75, 3.05) is 4.90 Å². The van der Waals surface area contributed by atoms with Gasteiger partial charge in [0.2, 0.25) is 0 Å². The number of amides is 2. The van der Waals surface area contributed by atoms with Crippen molar-refractivity contribution < 1.29 is 9.59 Å². The van der Waals surface area contributed by atoms with E-state index < -0.39 is 11.8 Å². The summed E-state index contributed by atoms with van der Waals surface area (Å²) in [6, 6.07) is 44.6. The monoisotopic (exact) mass is 603 g/mol. The van der Waals surface area contributed by atoms with E-state index in [1.807, 2.05) is 59.2 Å². The highest BCUT2D eigenvalue weighted by molar-refractivity contribution is 6.34. The van der Waals surface area contributed by atoms with Crippen LogP contribution in [0.25, 0.3) is 55.0 Å². The number of nitrogens with zero attached hydrogens (tertiary/aromatic N) is 5. The lowest BCUT2D eigenvalue weighted by atomic mass is 10.1. The first-order valence-electron chi connectivity index (χ1n) is 15.1. The third-order valence-electron chi connectivity index (χ3n) is 9.12. The minimum atomic E-state index is -0.392. The second-order valence-corrected chi connectivity index (χ2v) is 11.6. The maximum absolute atomic E-state index is 13.4. The van der Waals surface area contributed by atoms with E-state index in [9.17, 15) is 20.1 Å². The van der Waals surface area contributed by atoms with Gasteiger partial charge in [-0.15, -0.1) is 0 Å². The van der Waals surface area contributed by atoms with E-state index in [0.29, 0.717) is 33.6 Å². The van der Waals surface area contributed by atoms with Crippen LogP contribution in [0.2, 0.25) is 0 Å². The fourth-order valence-electron chi connectivity index (χ4n) is 7.02.